The maximum atomic E-state index is 14.6. The zero-order chi connectivity index (χ0) is 30.0. The number of rotatable bonds is 7. The fourth-order valence-corrected chi connectivity index (χ4v) is 6.01. The molecule has 1 aliphatic heterocycles. The second-order valence-electron chi connectivity index (χ2n) is 10.8. The summed E-state index contributed by atoms with van der Waals surface area (Å²) in [5.41, 5.74) is 0.286. The Morgan fingerprint density at radius 2 is 1.86 bits per heavy atom. The van der Waals surface area contributed by atoms with Gasteiger partial charge in [-0.1, -0.05) is 0 Å². The molecule has 13 heteroatoms. The largest absolute Gasteiger partial charge is 0.489 e. The molecular formula is C29H24F4N4O4S. The van der Waals surface area contributed by atoms with Crippen LogP contribution in [0.4, 0.5) is 17.6 Å². The summed E-state index contributed by atoms with van der Waals surface area (Å²) in [7, 11) is 0. The van der Waals surface area contributed by atoms with E-state index in [1.54, 1.807) is 12.1 Å². The second-order valence-corrected chi connectivity index (χ2v) is 11.8. The van der Waals surface area contributed by atoms with Gasteiger partial charge in [-0.3, -0.25) is 9.59 Å². The van der Waals surface area contributed by atoms with Gasteiger partial charge in [-0.2, -0.15) is 13.2 Å². The molecule has 0 saturated heterocycles. The van der Waals surface area contributed by atoms with Gasteiger partial charge in [0.05, 0.1) is 27.5 Å². The third-order valence-corrected chi connectivity index (χ3v) is 8.91. The zero-order valence-corrected chi connectivity index (χ0v) is 22.9. The number of carbonyl (C=O) groups is 2. The summed E-state index contributed by atoms with van der Waals surface area (Å²) in [6.45, 7) is -0.162. The van der Waals surface area contributed by atoms with Crippen LogP contribution in [0.2, 0.25) is 0 Å². The van der Waals surface area contributed by atoms with E-state index in [0.29, 0.717) is 11.4 Å². The van der Waals surface area contributed by atoms with E-state index in [1.807, 2.05) is 0 Å². The lowest BCUT2D eigenvalue weighted by atomic mass is 9.81. The second kappa shape index (κ2) is 9.73. The van der Waals surface area contributed by atoms with Crippen molar-refractivity contribution in [3.05, 3.63) is 76.2 Å². The first-order valence-electron chi connectivity index (χ1n) is 13.0. The summed E-state index contributed by atoms with van der Waals surface area (Å²) < 4.78 is 63.8. The number of ether oxygens (including phenoxy) is 1. The summed E-state index contributed by atoms with van der Waals surface area (Å²) in [4.78, 5) is 34.0. The van der Waals surface area contributed by atoms with Crippen molar-refractivity contribution in [2.75, 3.05) is 13.2 Å². The Kier molecular flexibility index (Phi) is 6.50. The lowest BCUT2D eigenvalue weighted by Gasteiger charge is -2.31. The van der Waals surface area contributed by atoms with Gasteiger partial charge in [0, 0.05) is 22.6 Å². The van der Waals surface area contributed by atoms with Crippen molar-refractivity contribution in [2.45, 2.75) is 42.9 Å². The van der Waals surface area contributed by atoms with Crippen molar-refractivity contribution in [2.24, 2.45) is 5.73 Å². The Morgan fingerprint density at radius 1 is 1.14 bits per heavy atom. The standard InChI is InChI=1S/C29H24F4N4O4S/c1-27(26(34)39)13-41-23-18(27)11-21(37-22(23)14-4-7-17(30)8-5-14)28(40,29(31,32)33)12-35-24(38)16-6-9-19-20(10-16)42-25(36-19)15-2-3-15/h4-11,15,40H,2-3,12-13H2,1H3,(H2,34,39)(H,35,38)/t27-,28?/m0/s1. The van der Waals surface area contributed by atoms with Crippen LogP contribution in [0.1, 0.15) is 52.3 Å². The molecule has 42 heavy (non-hydrogen) atoms. The van der Waals surface area contributed by atoms with E-state index in [4.69, 9.17) is 10.5 Å². The number of hydrogen-bond donors (Lipinski definition) is 3. The lowest BCUT2D eigenvalue weighted by Crippen LogP contribution is -2.51. The van der Waals surface area contributed by atoms with Gasteiger partial charge in [-0.25, -0.2) is 14.4 Å². The molecule has 2 aliphatic rings. The molecule has 6 rings (SSSR count). The molecule has 0 spiro atoms. The van der Waals surface area contributed by atoms with E-state index in [2.05, 4.69) is 15.3 Å². The molecule has 4 N–H and O–H groups in total. The number of aliphatic hydroxyl groups is 1. The Hall–Kier alpha value is -4.10. The normalized spacial score (nSPS) is 19.7. The third kappa shape index (κ3) is 4.66. The highest BCUT2D eigenvalue weighted by atomic mass is 32.1. The zero-order valence-electron chi connectivity index (χ0n) is 22.1. The number of nitrogens with one attached hydrogen (secondary N) is 1. The molecule has 2 aromatic heterocycles. The van der Waals surface area contributed by atoms with E-state index < -0.39 is 47.1 Å². The number of amides is 2. The van der Waals surface area contributed by atoms with E-state index in [0.717, 1.165) is 40.7 Å². The third-order valence-electron chi connectivity index (χ3n) is 7.73. The molecule has 2 amide bonds. The van der Waals surface area contributed by atoms with E-state index >= 15 is 0 Å². The van der Waals surface area contributed by atoms with Crippen LogP contribution < -0.4 is 15.8 Å². The molecule has 1 unspecified atom stereocenters. The molecule has 8 nitrogen and oxygen atoms in total. The van der Waals surface area contributed by atoms with Crippen LogP contribution in [0.15, 0.2) is 48.5 Å². The number of carbonyl (C=O) groups excluding carboxylic acids is 2. The van der Waals surface area contributed by atoms with Crippen molar-refractivity contribution in [1.29, 1.82) is 0 Å². The van der Waals surface area contributed by atoms with Gasteiger partial charge in [0.15, 0.2) is 0 Å². The van der Waals surface area contributed by atoms with Crippen LogP contribution in [-0.4, -0.2) is 46.2 Å². The Balaban J connectivity index is 1.38. The summed E-state index contributed by atoms with van der Waals surface area (Å²) in [6, 6.07) is 10.3. The smallest absolute Gasteiger partial charge is 0.424 e. The Labute approximate surface area is 240 Å². The Morgan fingerprint density at radius 3 is 2.50 bits per heavy atom. The topological polar surface area (TPSA) is 127 Å². The highest BCUT2D eigenvalue weighted by Crippen LogP contribution is 2.48. The van der Waals surface area contributed by atoms with Crippen LogP contribution in [0.5, 0.6) is 5.75 Å². The highest BCUT2D eigenvalue weighted by Gasteiger charge is 2.57. The molecule has 2 aromatic carbocycles. The van der Waals surface area contributed by atoms with Crippen LogP contribution in [0, 0.1) is 5.82 Å². The number of aromatic nitrogens is 2. The number of thiazole rings is 1. The van der Waals surface area contributed by atoms with Crippen LogP contribution >= 0.6 is 11.3 Å². The Bertz CT molecular complexity index is 1740. The highest BCUT2D eigenvalue weighted by molar-refractivity contribution is 7.18. The van der Waals surface area contributed by atoms with Crippen molar-refractivity contribution in [1.82, 2.24) is 15.3 Å². The van der Waals surface area contributed by atoms with Crippen molar-refractivity contribution in [3.63, 3.8) is 0 Å². The van der Waals surface area contributed by atoms with Crippen LogP contribution in [0.25, 0.3) is 21.5 Å². The predicted octanol–water partition coefficient (Wildman–Crippen LogP) is 4.69. The minimum Gasteiger partial charge on any atom is -0.489 e. The monoisotopic (exact) mass is 600 g/mol. The van der Waals surface area contributed by atoms with Gasteiger partial charge in [0.2, 0.25) is 11.5 Å². The molecule has 1 saturated carbocycles. The van der Waals surface area contributed by atoms with E-state index in [1.165, 1.54) is 36.5 Å². The molecule has 1 fully saturated rings. The number of pyridine rings is 1. The lowest BCUT2D eigenvalue weighted by molar-refractivity contribution is -0.265. The number of nitrogens with zero attached hydrogens (tertiary/aromatic N) is 2. The first-order chi connectivity index (χ1) is 19.8. The average molecular weight is 601 g/mol. The number of hydrogen-bond acceptors (Lipinski definition) is 7. The number of benzene rings is 2. The first kappa shape index (κ1) is 28.0. The van der Waals surface area contributed by atoms with Crippen molar-refractivity contribution in [3.8, 4) is 17.0 Å². The van der Waals surface area contributed by atoms with Gasteiger partial charge < -0.3 is 20.9 Å². The fourth-order valence-electron chi connectivity index (χ4n) is 4.84. The summed E-state index contributed by atoms with van der Waals surface area (Å²) in [5, 5.41) is 14.3. The number of halogens is 4. The maximum Gasteiger partial charge on any atom is 0.424 e. The van der Waals surface area contributed by atoms with Crippen LogP contribution in [0.3, 0.4) is 0 Å². The van der Waals surface area contributed by atoms with Gasteiger partial charge in [0.25, 0.3) is 5.91 Å². The number of primary amides is 1. The van der Waals surface area contributed by atoms with Gasteiger partial charge >= 0.3 is 6.18 Å². The van der Waals surface area contributed by atoms with E-state index in [9.17, 15) is 32.3 Å². The predicted molar refractivity (Wildman–Crippen MR) is 146 cm³/mol. The summed E-state index contributed by atoms with van der Waals surface area (Å²) in [6.07, 6.45) is -3.22. The number of nitrogens with two attached hydrogens (primary N) is 1. The molecule has 1 aliphatic carbocycles. The molecular weight excluding hydrogens is 576 g/mol. The molecule has 0 bridgehead atoms. The van der Waals surface area contributed by atoms with E-state index in [-0.39, 0.29) is 34.7 Å². The van der Waals surface area contributed by atoms with Gasteiger partial charge in [-0.15, -0.1) is 11.3 Å². The fraction of sp³-hybridized carbons (Fsp3) is 0.310. The molecule has 0 radical (unpaired) electrons. The van der Waals surface area contributed by atoms with Gasteiger partial charge in [0.1, 0.15) is 29.3 Å². The van der Waals surface area contributed by atoms with Gasteiger partial charge in [-0.05, 0) is 68.3 Å². The first-order valence-corrected chi connectivity index (χ1v) is 13.8. The number of alkyl halides is 3. The van der Waals surface area contributed by atoms with Crippen molar-refractivity contribution < 1.29 is 37.0 Å². The summed E-state index contributed by atoms with van der Waals surface area (Å²) in [5.74, 6) is -1.91. The maximum absolute atomic E-state index is 14.6. The quantitative estimate of drug-likeness (QED) is 0.264. The molecule has 3 heterocycles. The summed E-state index contributed by atoms with van der Waals surface area (Å²) >= 11 is 1.43. The average Bonchev–Trinajstić information content (AvgIpc) is 3.62. The minimum atomic E-state index is -5.31. The minimum absolute atomic E-state index is 0.0105. The molecule has 4 aromatic rings. The SMILES string of the molecule is C[C@]1(C(N)=O)COc2c1cc(C(O)(CNC(=O)c1ccc3nc(C4CC4)sc3c1)C(F)(F)F)nc2-c1ccc(F)cc1. The van der Waals surface area contributed by atoms with Crippen LogP contribution in [-0.2, 0) is 15.8 Å². The molecule has 218 valence electrons. The molecule has 2 atom stereocenters. The number of fused-ring (bicyclic) bond motifs is 2. The van der Waals surface area contributed by atoms with Crippen molar-refractivity contribution >= 4 is 33.4 Å².